The minimum absolute atomic E-state index is 0.205. The lowest BCUT2D eigenvalue weighted by Gasteiger charge is -2.21. The SMILES string of the molecule is CC(C)(C)Oc1ccc(C=Nn2c(-c3ccccc3)nc3ccccc3c2=O)cc1. The van der Waals surface area contributed by atoms with Gasteiger partial charge in [-0.05, 0) is 62.7 Å². The molecule has 0 saturated carbocycles. The van der Waals surface area contributed by atoms with Gasteiger partial charge >= 0.3 is 0 Å². The molecule has 5 nitrogen and oxygen atoms in total. The van der Waals surface area contributed by atoms with E-state index >= 15 is 0 Å². The maximum Gasteiger partial charge on any atom is 0.282 e. The van der Waals surface area contributed by atoms with Gasteiger partial charge in [-0.2, -0.15) is 9.78 Å². The molecule has 30 heavy (non-hydrogen) atoms. The van der Waals surface area contributed by atoms with Crippen LogP contribution in [0.1, 0.15) is 26.3 Å². The van der Waals surface area contributed by atoms with Gasteiger partial charge in [0.15, 0.2) is 5.82 Å². The highest BCUT2D eigenvalue weighted by Crippen LogP contribution is 2.20. The van der Waals surface area contributed by atoms with E-state index in [0.717, 1.165) is 16.9 Å². The van der Waals surface area contributed by atoms with Gasteiger partial charge in [-0.15, -0.1) is 0 Å². The van der Waals surface area contributed by atoms with Crippen molar-refractivity contribution in [3.63, 3.8) is 0 Å². The monoisotopic (exact) mass is 397 g/mol. The Kier molecular flexibility index (Phi) is 5.19. The van der Waals surface area contributed by atoms with Crippen LogP contribution in [0.25, 0.3) is 22.3 Å². The molecule has 0 aliphatic heterocycles. The van der Waals surface area contributed by atoms with Crippen LogP contribution in [0.5, 0.6) is 5.75 Å². The standard InChI is InChI=1S/C25H23N3O2/c1-25(2,3)30-20-15-13-18(14-16-20)17-26-28-23(19-9-5-4-6-10-19)27-22-12-8-7-11-21(22)24(28)29/h4-17H,1-3H3. The molecule has 0 spiro atoms. The van der Waals surface area contributed by atoms with Crippen LogP contribution in [-0.4, -0.2) is 21.5 Å². The molecule has 4 rings (SSSR count). The zero-order chi connectivity index (χ0) is 21.1. The maximum atomic E-state index is 13.1. The number of ether oxygens (including phenoxy) is 1. The topological polar surface area (TPSA) is 56.5 Å². The second kappa shape index (κ2) is 7.95. The normalized spacial score (nSPS) is 11.8. The van der Waals surface area contributed by atoms with Gasteiger partial charge in [0, 0.05) is 5.56 Å². The van der Waals surface area contributed by atoms with Gasteiger partial charge in [0.2, 0.25) is 0 Å². The summed E-state index contributed by atoms with van der Waals surface area (Å²) >= 11 is 0. The summed E-state index contributed by atoms with van der Waals surface area (Å²) < 4.78 is 7.21. The molecule has 1 aromatic heterocycles. The molecule has 0 radical (unpaired) electrons. The molecule has 0 aliphatic rings. The quantitative estimate of drug-likeness (QED) is 0.449. The fourth-order valence-electron chi connectivity index (χ4n) is 3.10. The van der Waals surface area contributed by atoms with Crippen molar-refractivity contribution in [3.8, 4) is 17.1 Å². The Balaban J connectivity index is 1.76. The Bertz CT molecular complexity index is 1250. The molecular formula is C25H23N3O2. The van der Waals surface area contributed by atoms with E-state index in [2.05, 4.69) is 5.10 Å². The van der Waals surface area contributed by atoms with Crippen molar-refractivity contribution in [1.29, 1.82) is 0 Å². The van der Waals surface area contributed by atoms with E-state index in [-0.39, 0.29) is 11.2 Å². The Labute approximate surface area is 175 Å². The summed E-state index contributed by atoms with van der Waals surface area (Å²) in [5.74, 6) is 1.29. The molecule has 0 atom stereocenters. The Hall–Kier alpha value is -3.73. The minimum atomic E-state index is -0.260. The van der Waals surface area contributed by atoms with Gasteiger partial charge in [-0.1, -0.05) is 42.5 Å². The number of fused-ring (bicyclic) bond motifs is 1. The van der Waals surface area contributed by atoms with Crippen LogP contribution in [0.4, 0.5) is 0 Å². The van der Waals surface area contributed by atoms with Gasteiger partial charge in [-0.25, -0.2) is 4.98 Å². The van der Waals surface area contributed by atoms with Crippen LogP contribution in [0.15, 0.2) is 88.8 Å². The summed E-state index contributed by atoms with van der Waals surface area (Å²) in [6.45, 7) is 6.02. The van der Waals surface area contributed by atoms with Crippen LogP contribution in [0, 0.1) is 0 Å². The molecule has 0 fully saturated rings. The van der Waals surface area contributed by atoms with Gasteiger partial charge in [0.1, 0.15) is 11.4 Å². The van der Waals surface area contributed by atoms with Crippen LogP contribution in [0.3, 0.4) is 0 Å². The average Bonchev–Trinajstić information content (AvgIpc) is 2.74. The molecule has 0 bridgehead atoms. The summed E-state index contributed by atoms with van der Waals surface area (Å²) in [6.07, 6.45) is 1.66. The van der Waals surface area contributed by atoms with Crippen LogP contribution in [-0.2, 0) is 0 Å². The Morgan fingerprint density at radius 2 is 1.57 bits per heavy atom. The third-order valence-electron chi connectivity index (χ3n) is 4.41. The molecule has 3 aromatic carbocycles. The summed E-state index contributed by atoms with van der Waals surface area (Å²) in [5.41, 5.74) is 1.87. The number of benzene rings is 3. The summed E-state index contributed by atoms with van der Waals surface area (Å²) in [4.78, 5) is 17.8. The van der Waals surface area contributed by atoms with Crippen molar-refractivity contribution < 1.29 is 4.74 Å². The van der Waals surface area contributed by atoms with E-state index in [1.807, 2.05) is 93.6 Å². The maximum absolute atomic E-state index is 13.1. The highest BCUT2D eigenvalue weighted by Gasteiger charge is 2.13. The van der Waals surface area contributed by atoms with Crippen molar-refractivity contribution in [1.82, 2.24) is 9.66 Å². The third kappa shape index (κ3) is 4.30. The van der Waals surface area contributed by atoms with Crippen LogP contribution in [0.2, 0.25) is 0 Å². The van der Waals surface area contributed by atoms with Crippen molar-refractivity contribution in [2.45, 2.75) is 26.4 Å². The molecule has 150 valence electrons. The van der Waals surface area contributed by atoms with Crippen molar-refractivity contribution >= 4 is 17.1 Å². The van der Waals surface area contributed by atoms with Crippen molar-refractivity contribution in [2.24, 2.45) is 5.10 Å². The number of aromatic nitrogens is 2. The van der Waals surface area contributed by atoms with E-state index in [4.69, 9.17) is 9.72 Å². The number of hydrogen-bond donors (Lipinski definition) is 0. The lowest BCUT2D eigenvalue weighted by atomic mass is 10.2. The highest BCUT2D eigenvalue weighted by molar-refractivity contribution is 5.82. The second-order valence-electron chi connectivity index (χ2n) is 7.96. The molecular weight excluding hydrogens is 374 g/mol. The number of para-hydroxylation sites is 1. The van der Waals surface area contributed by atoms with Gasteiger partial charge in [0.25, 0.3) is 5.56 Å². The molecule has 1 heterocycles. The highest BCUT2D eigenvalue weighted by atomic mass is 16.5. The van der Waals surface area contributed by atoms with E-state index in [1.54, 1.807) is 12.3 Å². The molecule has 0 N–H and O–H groups in total. The zero-order valence-electron chi connectivity index (χ0n) is 17.2. The Morgan fingerprint density at radius 3 is 2.27 bits per heavy atom. The first-order valence-electron chi connectivity index (χ1n) is 9.81. The summed E-state index contributed by atoms with van der Waals surface area (Å²) in [7, 11) is 0. The van der Waals surface area contributed by atoms with Gasteiger partial charge in [0.05, 0.1) is 17.1 Å². The first kappa shape index (κ1) is 19.6. The van der Waals surface area contributed by atoms with Gasteiger partial charge in [-0.3, -0.25) is 4.79 Å². The molecule has 0 unspecified atom stereocenters. The van der Waals surface area contributed by atoms with E-state index in [0.29, 0.717) is 16.7 Å². The molecule has 0 amide bonds. The number of nitrogens with zero attached hydrogens (tertiary/aromatic N) is 3. The van der Waals surface area contributed by atoms with Crippen molar-refractivity contribution in [2.75, 3.05) is 0 Å². The predicted octanol–water partition coefficient (Wildman–Crippen LogP) is 5.12. The van der Waals surface area contributed by atoms with E-state index in [1.165, 1.54) is 4.68 Å². The fraction of sp³-hybridized carbons (Fsp3) is 0.160. The number of rotatable bonds is 4. The zero-order valence-corrected chi connectivity index (χ0v) is 17.2. The van der Waals surface area contributed by atoms with Gasteiger partial charge < -0.3 is 4.74 Å². The first-order valence-corrected chi connectivity index (χ1v) is 9.81. The molecule has 4 aromatic rings. The van der Waals surface area contributed by atoms with Crippen molar-refractivity contribution in [3.05, 3.63) is 94.8 Å². The largest absolute Gasteiger partial charge is 0.488 e. The lowest BCUT2D eigenvalue weighted by Crippen LogP contribution is -2.22. The summed E-state index contributed by atoms with van der Waals surface area (Å²) in [5, 5.41) is 5.01. The second-order valence-corrected chi connectivity index (χ2v) is 7.96. The predicted molar refractivity (Wildman–Crippen MR) is 121 cm³/mol. The van der Waals surface area contributed by atoms with E-state index in [9.17, 15) is 4.79 Å². The fourth-order valence-corrected chi connectivity index (χ4v) is 3.10. The van der Waals surface area contributed by atoms with Crippen LogP contribution < -0.4 is 10.3 Å². The molecule has 0 saturated heterocycles. The minimum Gasteiger partial charge on any atom is -0.488 e. The lowest BCUT2D eigenvalue weighted by molar-refractivity contribution is 0.131. The van der Waals surface area contributed by atoms with Crippen LogP contribution >= 0.6 is 0 Å². The average molecular weight is 397 g/mol. The smallest absolute Gasteiger partial charge is 0.282 e. The molecule has 5 heteroatoms. The number of hydrogen-bond acceptors (Lipinski definition) is 4. The van der Waals surface area contributed by atoms with E-state index < -0.39 is 0 Å². The summed E-state index contributed by atoms with van der Waals surface area (Å²) in [6, 6.07) is 24.5. The molecule has 0 aliphatic carbocycles. The first-order chi connectivity index (χ1) is 14.4. The third-order valence-corrected chi connectivity index (χ3v) is 4.41. The Morgan fingerprint density at radius 1 is 0.900 bits per heavy atom.